The Bertz CT molecular complexity index is 269. The Morgan fingerprint density at radius 1 is 0.810 bits per heavy atom. The third-order valence-corrected chi connectivity index (χ3v) is 3.95. The van der Waals surface area contributed by atoms with Gasteiger partial charge in [0, 0.05) is 5.57 Å². The Hall–Kier alpha value is -0.790. The monoisotopic (exact) mass is 296 g/mol. The van der Waals surface area contributed by atoms with Crippen LogP contribution in [0.25, 0.3) is 0 Å². The summed E-state index contributed by atoms with van der Waals surface area (Å²) in [6.07, 6.45) is 18.0. The Labute approximate surface area is 132 Å². The fraction of sp³-hybridized carbons (Fsp3) is 0.842. The maximum Gasteiger partial charge on any atom is 0.333 e. The van der Waals surface area contributed by atoms with Crippen LogP contribution in [-0.4, -0.2) is 13.1 Å². The topological polar surface area (TPSA) is 26.3 Å². The molecule has 0 heterocycles. The van der Waals surface area contributed by atoms with Crippen LogP contribution in [0.4, 0.5) is 0 Å². The smallest absolute Gasteiger partial charge is 0.333 e. The minimum absolute atomic E-state index is 0.128. The zero-order chi connectivity index (χ0) is 15.8. The van der Waals surface area contributed by atoms with Crippen LogP contribution < -0.4 is 0 Å². The van der Waals surface area contributed by atoms with Gasteiger partial charge >= 0.3 is 5.97 Å². The predicted octanol–water partition coefficient (Wildman–Crippen LogP) is 6.20. The summed E-state index contributed by atoms with van der Waals surface area (Å²) in [6, 6.07) is 0. The van der Waals surface area contributed by atoms with Crippen molar-refractivity contribution < 1.29 is 9.53 Å². The molecule has 0 aromatic rings. The number of allylic oxidation sites excluding steroid dienone is 1. The average Bonchev–Trinajstić information content (AvgIpc) is 2.51. The molecule has 0 bridgehead atoms. The van der Waals surface area contributed by atoms with Crippen molar-refractivity contribution in [2.24, 2.45) is 0 Å². The van der Waals surface area contributed by atoms with Gasteiger partial charge in [0.2, 0.25) is 0 Å². The summed E-state index contributed by atoms with van der Waals surface area (Å²) in [5.41, 5.74) is 0.891. The molecule has 0 radical (unpaired) electrons. The second-order valence-electron chi connectivity index (χ2n) is 5.94. The number of unbranched alkanes of at least 4 members (excludes halogenated alkanes) is 10. The summed E-state index contributed by atoms with van der Waals surface area (Å²) in [5.74, 6) is -0.128. The molecular weight excluding hydrogens is 260 g/mol. The van der Waals surface area contributed by atoms with E-state index in [4.69, 9.17) is 4.74 Å². The Kier molecular flexibility index (Phi) is 15.0. The SMILES string of the molecule is CCCCCCCCC=C(CCCCCCC)C(=O)OC. The van der Waals surface area contributed by atoms with Gasteiger partial charge in [-0.05, 0) is 25.7 Å². The molecule has 0 fully saturated rings. The average molecular weight is 296 g/mol. The van der Waals surface area contributed by atoms with Crippen molar-refractivity contribution in [3.63, 3.8) is 0 Å². The number of carbonyl (C=O) groups excluding carboxylic acids is 1. The number of ether oxygens (including phenoxy) is 1. The van der Waals surface area contributed by atoms with Gasteiger partial charge in [-0.25, -0.2) is 4.79 Å². The second-order valence-corrected chi connectivity index (χ2v) is 5.94. The minimum atomic E-state index is -0.128. The zero-order valence-corrected chi connectivity index (χ0v) is 14.6. The molecule has 2 nitrogen and oxygen atoms in total. The van der Waals surface area contributed by atoms with Crippen LogP contribution in [0.1, 0.15) is 97.3 Å². The maximum atomic E-state index is 11.7. The van der Waals surface area contributed by atoms with Gasteiger partial charge in [-0.15, -0.1) is 0 Å². The van der Waals surface area contributed by atoms with Gasteiger partial charge in [-0.2, -0.15) is 0 Å². The van der Waals surface area contributed by atoms with E-state index in [-0.39, 0.29) is 5.97 Å². The molecule has 0 amide bonds. The van der Waals surface area contributed by atoms with Crippen LogP contribution in [-0.2, 0) is 9.53 Å². The van der Waals surface area contributed by atoms with Gasteiger partial charge in [-0.1, -0.05) is 77.7 Å². The first-order valence-corrected chi connectivity index (χ1v) is 9.03. The van der Waals surface area contributed by atoms with E-state index in [9.17, 15) is 4.79 Å². The van der Waals surface area contributed by atoms with Gasteiger partial charge in [0.15, 0.2) is 0 Å². The van der Waals surface area contributed by atoms with E-state index in [1.807, 2.05) is 0 Å². The highest BCUT2D eigenvalue weighted by Crippen LogP contribution is 2.15. The summed E-state index contributed by atoms with van der Waals surface area (Å²) < 4.78 is 4.89. The predicted molar refractivity (Wildman–Crippen MR) is 91.5 cm³/mol. The van der Waals surface area contributed by atoms with Gasteiger partial charge in [-0.3, -0.25) is 0 Å². The summed E-state index contributed by atoms with van der Waals surface area (Å²) in [5, 5.41) is 0. The standard InChI is InChI=1S/C19H36O2/c1-4-6-8-10-11-13-15-17-18(19(20)21-3)16-14-12-9-7-5-2/h17H,4-16H2,1-3H3. The Morgan fingerprint density at radius 2 is 1.33 bits per heavy atom. The summed E-state index contributed by atoms with van der Waals surface area (Å²) in [4.78, 5) is 11.7. The molecular formula is C19H36O2. The molecule has 0 saturated carbocycles. The number of hydrogen-bond donors (Lipinski definition) is 0. The number of carbonyl (C=O) groups is 1. The van der Waals surface area contributed by atoms with Crippen molar-refractivity contribution in [1.82, 2.24) is 0 Å². The van der Waals surface area contributed by atoms with Crippen LogP contribution in [0, 0.1) is 0 Å². The third kappa shape index (κ3) is 12.6. The third-order valence-electron chi connectivity index (χ3n) is 3.95. The minimum Gasteiger partial charge on any atom is -0.466 e. The maximum absolute atomic E-state index is 11.7. The van der Waals surface area contributed by atoms with Crippen LogP contribution in [0.2, 0.25) is 0 Å². The van der Waals surface area contributed by atoms with E-state index in [1.165, 1.54) is 71.3 Å². The van der Waals surface area contributed by atoms with E-state index in [0.717, 1.165) is 24.8 Å². The highest BCUT2D eigenvalue weighted by molar-refractivity contribution is 5.88. The quantitative estimate of drug-likeness (QED) is 0.217. The van der Waals surface area contributed by atoms with Crippen LogP contribution >= 0.6 is 0 Å². The number of hydrogen-bond acceptors (Lipinski definition) is 2. The van der Waals surface area contributed by atoms with Crippen LogP contribution in [0.5, 0.6) is 0 Å². The van der Waals surface area contributed by atoms with E-state index in [1.54, 1.807) is 0 Å². The molecule has 0 N–H and O–H groups in total. The van der Waals surface area contributed by atoms with Crippen molar-refractivity contribution in [1.29, 1.82) is 0 Å². The largest absolute Gasteiger partial charge is 0.466 e. The molecule has 0 rings (SSSR count). The molecule has 2 heteroatoms. The van der Waals surface area contributed by atoms with E-state index < -0.39 is 0 Å². The zero-order valence-electron chi connectivity index (χ0n) is 14.6. The molecule has 0 spiro atoms. The molecule has 0 aliphatic heterocycles. The van der Waals surface area contributed by atoms with Crippen molar-refractivity contribution in [2.45, 2.75) is 97.3 Å². The number of esters is 1. The van der Waals surface area contributed by atoms with Gasteiger partial charge in [0.1, 0.15) is 0 Å². The lowest BCUT2D eigenvalue weighted by atomic mass is 10.0. The van der Waals surface area contributed by atoms with Gasteiger partial charge in [0.25, 0.3) is 0 Å². The summed E-state index contributed by atoms with van der Waals surface area (Å²) >= 11 is 0. The highest BCUT2D eigenvalue weighted by Gasteiger charge is 2.08. The van der Waals surface area contributed by atoms with Crippen molar-refractivity contribution in [3.8, 4) is 0 Å². The van der Waals surface area contributed by atoms with E-state index in [2.05, 4.69) is 19.9 Å². The first-order chi connectivity index (χ1) is 10.3. The first-order valence-electron chi connectivity index (χ1n) is 9.03. The van der Waals surface area contributed by atoms with Crippen LogP contribution in [0.3, 0.4) is 0 Å². The number of methoxy groups -OCH3 is 1. The molecule has 0 aliphatic rings. The molecule has 0 unspecified atom stereocenters. The molecule has 0 aromatic carbocycles. The molecule has 0 aliphatic carbocycles. The van der Waals surface area contributed by atoms with Crippen molar-refractivity contribution in [2.75, 3.05) is 7.11 Å². The Morgan fingerprint density at radius 3 is 1.90 bits per heavy atom. The second kappa shape index (κ2) is 15.6. The highest BCUT2D eigenvalue weighted by atomic mass is 16.5. The lowest BCUT2D eigenvalue weighted by Gasteiger charge is -2.06. The van der Waals surface area contributed by atoms with Crippen LogP contribution in [0.15, 0.2) is 11.6 Å². The molecule has 124 valence electrons. The van der Waals surface area contributed by atoms with Gasteiger partial charge < -0.3 is 4.74 Å². The lowest BCUT2D eigenvalue weighted by molar-refractivity contribution is -0.136. The fourth-order valence-corrected chi connectivity index (χ4v) is 2.54. The van der Waals surface area contributed by atoms with E-state index >= 15 is 0 Å². The number of rotatable bonds is 14. The van der Waals surface area contributed by atoms with Gasteiger partial charge in [0.05, 0.1) is 7.11 Å². The molecule has 0 atom stereocenters. The lowest BCUT2D eigenvalue weighted by Crippen LogP contribution is -2.05. The normalized spacial score (nSPS) is 11.7. The summed E-state index contributed by atoms with van der Waals surface area (Å²) in [7, 11) is 1.48. The molecule has 21 heavy (non-hydrogen) atoms. The van der Waals surface area contributed by atoms with Crippen molar-refractivity contribution >= 4 is 5.97 Å². The molecule has 0 saturated heterocycles. The van der Waals surface area contributed by atoms with E-state index in [0.29, 0.717) is 0 Å². The first kappa shape index (κ1) is 20.2. The summed E-state index contributed by atoms with van der Waals surface area (Å²) in [6.45, 7) is 4.46. The Balaban J connectivity index is 3.87. The fourth-order valence-electron chi connectivity index (χ4n) is 2.54. The molecule has 0 aromatic heterocycles. The van der Waals surface area contributed by atoms with Crippen molar-refractivity contribution in [3.05, 3.63) is 11.6 Å².